The van der Waals surface area contributed by atoms with Gasteiger partial charge in [0.1, 0.15) is 0 Å². The molecule has 0 bridgehead atoms. The van der Waals surface area contributed by atoms with Crippen LogP contribution in [0.2, 0.25) is 0 Å². The fourth-order valence-electron chi connectivity index (χ4n) is 0.823. The molecule has 0 aliphatic carbocycles. The summed E-state index contributed by atoms with van der Waals surface area (Å²) in [6.07, 6.45) is 0. The SMILES string of the molecule is Cc1cc(=O)[nH]c(S[C@H](C)C(=O)[O-])n1. The summed E-state index contributed by atoms with van der Waals surface area (Å²) >= 11 is 0.951. The summed E-state index contributed by atoms with van der Waals surface area (Å²) < 4.78 is 0. The van der Waals surface area contributed by atoms with Gasteiger partial charge in [-0.25, -0.2) is 4.98 Å². The van der Waals surface area contributed by atoms with Crippen molar-refractivity contribution in [2.24, 2.45) is 0 Å². The monoisotopic (exact) mass is 213 g/mol. The predicted molar refractivity (Wildman–Crippen MR) is 49.9 cm³/mol. The molecule has 1 aromatic heterocycles. The molecule has 1 heterocycles. The van der Waals surface area contributed by atoms with Gasteiger partial charge in [-0.1, -0.05) is 11.8 Å². The smallest absolute Gasteiger partial charge is 0.251 e. The maximum Gasteiger partial charge on any atom is 0.251 e. The first-order valence-corrected chi connectivity index (χ1v) is 4.82. The van der Waals surface area contributed by atoms with Crippen molar-refractivity contribution < 1.29 is 9.90 Å². The van der Waals surface area contributed by atoms with E-state index >= 15 is 0 Å². The van der Waals surface area contributed by atoms with Gasteiger partial charge in [0.2, 0.25) is 0 Å². The van der Waals surface area contributed by atoms with E-state index in [-0.39, 0.29) is 5.56 Å². The minimum atomic E-state index is -1.18. The van der Waals surface area contributed by atoms with Crippen molar-refractivity contribution >= 4 is 17.7 Å². The molecule has 6 heteroatoms. The lowest BCUT2D eigenvalue weighted by molar-refractivity contribution is -0.304. The number of aromatic amines is 1. The van der Waals surface area contributed by atoms with Gasteiger partial charge >= 0.3 is 0 Å². The van der Waals surface area contributed by atoms with Crippen LogP contribution in [0.4, 0.5) is 0 Å². The molecule has 0 unspecified atom stereocenters. The Hall–Kier alpha value is -1.30. The van der Waals surface area contributed by atoms with Crippen LogP contribution < -0.4 is 10.7 Å². The second-order valence-corrected chi connectivity index (χ2v) is 4.10. The number of aryl methyl sites for hydroxylation is 1. The van der Waals surface area contributed by atoms with Crippen LogP contribution in [0.3, 0.4) is 0 Å². The zero-order valence-corrected chi connectivity index (χ0v) is 8.55. The zero-order valence-electron chi connectivity index (χ0n) is 7.73. The van der Waals surface area contributed by atoms with Gasteiger partial charge < -0.3 is 14.9 Å². The van der Waals surface area contributed by atoms with Crippen molar-refractivity contribution in [3.63, 3.8) is 0 Å². The number of nitrogens with one attached hydrogen (secondary N) is 1. The Morgan fingerprint density at radius 3 is 2.86 bits per heavy atom. The van der Waals surface area contributed by atoms with Crippen molar-refractivity contribution in [1.29, 1.82) is 0 Å². The van der Waals surface area contributed by atoms with E-state index in [1.165, 1.54) is 13.0 Å². The summed E-state index contributed by atoms with van der Waals surface area (Å²) in [7, 11) is 0. The third kappa shape index (κ3) is 2.88. The molecule has 1 aromatic rings. The summed E-state index contributed by atoms with van der Waals surface area (Å²) in [6, 6.07) is 1.34. The molecule has 0 aromatic carbocycles. The number of carbonyl (C=O) groups excluding carboxylic acids is 1. The average molecular weight is 213 g/mol. The van der Waals surface area contributed by atoms with Gasteiger partial charge in [0, 0.05) is 17.0 Å². The summed E-state index contributed by atoms with van der Waals surface area (Å²) in [6.45, 7) is 3.14. The van der Waals surface area contributed by atoms with Gasteiger partial charge in [0.25, 0.3) is 5.56 Å². The Labute approximate surface area is 84.6 Å². The molecule has 76 valence electrons. The quantitative estimate of drug-likeness (QED) is 0.530. The molecule has 0 aliphatic heterocycles. The van der Waals surface area contributed by atoms with Crippen molar-refractivity contribution in [1.82, 2.24) is 9.97 Å². The molecule has 1 rings (SSSR count). The molecule has 0 spiro atoms. The predicted octanol–water partition coefficient (Wildman–Crippen LogP) is -0.691. The van der Waals surface area contributed by atoms with E-state index < -0.39 is 11.2 Å². The van der Waals surface area contributed by atoms with Crippen molar-refractivity contribution in [2.45, 2.75) is 24.3 Å². The van der Waals surface area contributed by atoms with E-state index in [1.807, 2.05) is 0 Å². The highest BCUT2D eigenvalue weighted by Gasteiger charge is 2.07. The number of carbonyl (C=O) groups is 1. The van der Waals surface area contributed by atoms with E-state index in [9.17, 15) is 14.7 Å². The molecule has 0 saturated heterocycles. The highest BCUT2D eigenvalue weighted by Crippen LogP contribution is 2.17. The Morgan fingerprint density at radius 2 is 2.36 bits per heavy atom. The summed E-state index contributed by atoms with van der Waals surface area (Å²) in [5.41, 5.74) is 0.271. The number of aliphatic carboxylic acids is 1. The Morgan fingerprint density at radius 1 is 1.71 bits per heavy atom. The van der Waals surface area contributed by atoms with Crippen molar-refractivity contribution in [3.8, 4) is 0 Å². The van der Waals surface area contributed by atoms with Crippen molar-refractivity contribution in [3.05, 3.63) is 22.1 Å². The van der Waals surface area contributed by atoms with E-state index in [0.29, 0.717) is 10.9 Å². The number of rotatable bonds is 3. The van der Waals surface area contributed by atoms with Crippen molar-refractivity contribution in [2.75, 3.05) is 0 Å². The van der Waals surface area contributed by atoms with Crippen LogP contribution in [0.15, 0.2) is 16.0 Å². The minimum absolute atomic E-state index is 0.287. The number of aromatic nitrogens is 2. The number of carboxylic acid groups (broad SMARTS) is 1. The molecule has 0 radical (unpaired) electrons. The van der Waals surface area contributed by atoms with Gasteiger partial charge in [-0.3, -0.25) is 4.79 Å². The Balaban J connectivity index is 2.87. The number of nitrogens with zero attached hydrogens (tertiary/aromatic N) is 1. The van der Waals surface area contributed by atoms with Crippen LogP contribution in [0.1, 0.15) is 12.6 Å². The fourth-order valence-corrected chi connectivity index (χ4v) is 1.61. The molecule has 1 atom stereocenters. The first kappa shape index (κ1) is 10.8. The van der Waals surface area contributed by atoms with Crippen LogP contribution >= 0.6 is 11.8 Å². The van der Waals surface area contributed by atoms with E-state index in [2.05, 4.69) is 9.97 Å². The number of thioether (sulfide) groups is 1. The largest absolute Gasteiger partial charge is 0.549 e. The third-order valence-electron chi connectivity index (χ3n) is 1.47. The molecular weight excluding hydrogens is 204 g/mol. The first-order valence-electron chi connectivity index (χ1n) is 3.94. The molecule has 5 nitrogen and oxygen atoms in total. The molecule has 0 saturated carbocycles. The molecular formula is C8H9N2O3S-. The molecule has 1 N–H and O–H groups in total. The maximum atomic E-state index is 11.0. The highest BCUT2D eigenvalue weighted by molar-refractivity contribution is 8.00. The van der Waals surface area contributed by atoms with Crippen LogP contribution in [0.25, 0.3) is 0 Å². The normalized spacial score (nSPS) is 12.4. The van der Waals surface area contributed by atoms with Crippen LogP contribution in [-0.2, 0) is 4.79 Å². The van der Waals surface area contributed by atoms with E-state index in [1.54, 1.807) is 6.92 Å². The lowest BCUT2D eigenvalue weighted by Crippen LogP contribution is -2.31. The fraction of sp³-hybridized carbons (Fsp3) is 0.375. The van der Waals surface area contributed by atoms with Crippen LogP contribution in [-0.4, -0.2) is 21.2 Å². The van der Waals surface area contributed by atoms with E-state index in [0.717, 1.165) is 11.8 Å². The Bertz CT molecular complexity index is 402. The molecule has 14 heavy (non-hydrogen) atoms. The van der Waals surface area contributed by atoms with E-state index in [4.69, 9.17) is 0 Å². The van der Waals surface area contributed by atoms with Gasteiger partial charge in [-0.15, -0.1) is 0 Å². The standard InChI is InChI=1S/C8H10N2O3S/c1-4-3-6(11)10-8(9-4)14-5(2)7(12)13/h3,5H,1-2H3,(H,12,13)(H,9,10,11)/p-1/t5-/m1/s1. The summed E-state index contributed by atoms with van der Waals surface area (Å²) in [4.78, 5) is 27.8. The summed E-state index contributed by atoms with van der Waals surface area (Å²) in [5, 5.41) is 9.98. The number of H-pyrrole nitrogens is 1. The second kappa shape index (κ2) is 4.28. The molecule has 0 fully saturated rings. The van der Waals surface area contributed by atoms with Gasteiger partial charge in [0.05, 0.1) is 5.97 Å². The van der Waals surface area contributed by atoms with Gasteiger partial charge in [-0.05, 0) is 13.8 Å². The molecule has 0 aliphatic rings. The average Bonchev–Trinajstić information content (AvgIpc) is 2.01. The number of hydrogen-bond acceptors (Lipinski definition) is 5. The lowest BCUT2D eigenvalue weighted by Gasteiger charge is -2.10. The topological polar surface area (TPSA) is 85.9 Å². The third-order valence-corrected chi connectivity index (χ3v) is 2.43. The van der Waals surface area contributed by atoms with Crippen LogP contribution in [0.5, 0.6) is 0 Å². The van der Waals surface area contributed by atoms with Gasteiger partial charge in [-0.2, -0.15) is 0 Å². The zero-order chi connectivity index (χ0) is 10.7. The van der Waals surface area contributed by atoms with Gasteiger partial charge in [0.15, 0.2) is 5.16 Å². The first-order chi connectivity index (χ1) is 6.49. The maximum absolute atomic E-state index is 11.0. The number of carboxylic acids is 1. The lowest BCUT2D eigenvalue weighted by atomic mass is 10.5. The Kier molecular flexibility index (Phi) is 3.29. The second-order valence-electron chi connectivity index (χ2n) is 2.77. The minimum Gasteiger partial charge on any atom is -0.549 e. The van der Waals surface area contributed by atoms with Crippen LogP contribution in [0, 0.1) is 6.92 Å². The number of hydrogen-bond donors (Lipinski definition) is 1. The highest BCUT2D eigenvalue weighted by atomic mass is 32.2. The molecule has 0 amide bonds. The summed E-state index contributed by atoms with van der Waals surface area (Å²) in [5.74, 6) is -1.18.